The van der Waals surface area contributed by atoms with Crippen molar-refractivity contribution in [2.45, 2.75) is 32.9 Å². The predicted molar refractivity (Wildman–Crippen MR) is 83.7 cm³/mol. The van der Waals surface area contributed by atoms with Gasteiger partial charge in [0.25, 0.3) is 11.5 Å². The second-order valence-corrected chi connectivity index (χ2v) is 5.21. The molecule has 23 heavy (non-hydrogen) atoms. The second kappa shape index (κ2) is 6.47. The minimum absolute atomic E-state index is 0.197. The molecule has 8 heteroatoms. The Morgan fingerprint density at radius 1 is 1.35 bits per heavy atom. The van der Waals surface area contributed by atoms with E-state index in [4.69, 9.17) is 5.11 Å². The highest BCUT2D eigenvalue weighted by molar-refractivity contribution is 5.97. The fourth-order valence-electron chi connectivity index (χ4n) is 2.30. The Balaban J connectivity index is 2.37. The van der Waals surface area contributed by atoms with E-state index in [2.05, 4.69) is 10.3 Å². The number of aromatic nitrogens is 2. The van der Waals surface area contributed by atoms with Crippen molar-refractivity contribution in [2.75, 3.05) is 0 Å². The van der Waals surface area contributed by atoms with E-state index < -0.39 is 29.2 Å². The Labute approximate surface area is 130 Å². The Kier molecular flexibility index (Phi) is 4.63. The van der Waals surface area contributed by atoms with Gasteiger partial charge in [0.2, 0.25) is 0 Å². The summed E-state index contributed by atoms with van der Waals surface area (Å²) in [7, 11) is 0. The summed E-state index contributed by atoms with van der Waals surface area (Å²) in [6.45, 7) is 3.52. The van der Waals surface area contributed by atoms with E-state index in [0.717, 1.165) is 4.57 Å². The first-order valence-corrected chi connectivity index (χ1v) is 7.13. The van der Waals surface area contributed by atoms with Gasteiger partial charge in [0.15, 0.2) is 0 Å². The lowest BCUT2D eigenvalue weighted by atomic mass is 10.1. The highest BCUT2D eigenvalue weighted by Gasteiger charge is 2.14. The number of H-pyrrole nitrogens is 1. The first-order valence-electron chi connectivity index (χ1n) is 7.13. The van der Waals surface area contributed by atoms with Gasteiger partial charge in [-0.05, 0) is 32.0 Å². The standard InChI is InChI=1S/C15H17N3O5/c1-3-18-14(22)10-5-4-9(7-11(10)17-15(18)23)13(21)16-8(2)6-12(19)20/h4-5,7-8H,3,6H2,1-2H3,(H,16,21)(H,17,23)(H,19,20). The van der Waals surface area contributed by atoms with Crippen LogP contribution in [0.3, 0.4) is 0 Å². The molecule has 122 valence electrons. The van der Waals surface area contributed by atoms with Crippen molar-refractivity contribution in [3.63, 3.8) is 0 Å². The molecule has 8 nitrogen and oxygen atoms in total. The predicted octanol–water partition coefficient (Wildman–Crippen LogP) is 0.303. The highest BCUT2D eigenvalue weighted by Crippen LogP contribution is 2.09. The fraction of sp³-hybridized carbons (Fsp3) is 0.333. The Morgan fingerprint density at radius 3 is 2.65 bits per heavy atom. The number of nitrogens with zero attached hydrogens (tertiary/aromatic N) is 1. The van der Waals surface area contributed by atoms with Crippen LogP contribution in [0.2, 0.25) is 0 Å². The molecule has 1 amide bonds. The first-order chi connectivity index (χ1) is 10.8. The van der Waals surface area contributed by atoms with Gasteiger partial charge < -0.3 is 15.4 Å². The summed E-state index contributed by atoms with van der Waals surface area (Å²) in [5.74, 6) is -1.48. The van der Waals surface area contributed by atoms with Crippen LogP contribution in [-0.4, -0.2) is 32.6 Å². The zero-order valence-corrected chi connectivity index (χ0v) is 12.8. The molecule has 1 unspecified atom stereocenters. The summed E-state index contributed by atoms with van der Waals surface area (Å²) >= 11 is 0. The minimum Gasteiger partial charge on any atom is -0.481 e. The van der Waals surface area contributed by atoms with Gasteiger partial charge in [-0.2, -0.15) is 0 Å². The summed E-state index contributed by atoms with van der Waals surface area (Å²) in [6.07, 6.45) is -0.197. The zero-order valence-electron chi connectivity index (χ0n) is 12.8. The molecule has 1 aromatic heterocycles. The van der Waals surface area contributed by atoms with Crippen molar-refractivity contribution >= 4 is 22.8 Å². The highest BCUT2D eigenvalue weighted by atomic mass is 16.4. The smallest absolute Gasteiger partial charge is 0.328 e. The van der Waals surface area contributed by atoms with Gasteiger partial charge in [0.05, 0.1) is 17.3 Å². The molecule has 3 N–H and O–H groups in total. The Hall–Kier alpha value is -2.90. The number of carboxylic acids is 1. The summed E-state index contributed by atoms with van der Waals surface area (Å²) in [4.78, 5) is 49.2. The molecule has 0 fully saturated rings. The van der Waals surface area contributed by atoms with E-state index in [1.54, 1.807) is 13.8 Å². The number of benzene rings is 1. The summed E-state index contributed by atoms with van der Waals surface area (Å²) < 4.78 is 1.07. The molecule has 0 aliphatic rings. The summed E-state index contributed by atoms with van der Waals surface area (Å²) in [5.41, 5.74) is -0.457. The number of amides is 1. The maximum Gasteiger partial charge on any atom is 0.328 e. The molecule has 0 bridgehead atoms. The van der Waals surface area contributed by atoms with E-state index in [0.29, 0.717) is 5.39 Å². The Morgan fingerprint density at radius 2 is 2.04 bits per heavy atom. The Bertz CT molecular complexity index is 881. The molecular weight excluding hydrogens is 302 g/mol. The summed E-state index contributed by atoms with van der Waals surface area (Å²) in [6, 6.07) is 3.80. The third-order valence-electron chi connectivity index (χ3n) is 3.42. The molecule has 0 spiro atoms. The van der Waals surface area contributed by atoms with E-state index in [-0.39, 0.29) is 24.0 Å². The van der Waals surface area contributed by atoms with E-state index >= 15 is 0 Å². The molecule has 2 rings (SSSR count). The van der Waals surface area contributed by atoms with Crippen LogP contribution in [-0.2, 0) is 11.3 Å². The maximum atomic E-state index is 12.1. The van der Waals surface area contributed by atoms with Gasteiger partial charge in [0, 0.05) is 18.2 Å². The fourth-order valence-corrected chi connectivity index (χ4v) is 2.30. The molecule has 2 aromatic rings. The monoisotopic (exact) mass is 319 g/mol. The van der Waals surface area contributed by atoms with Gasteiger partial charge in [-0.25, -0.2) is 4.79 Å². The number of carbonyl (C=O) groups excluding carboxylic acids is 1. The van der Waals surface area contributed by atoms with Crippen LogP contribution < -0.4 is 16.6 Å². The van der Waals surface area contributed by atoms with Crippen LogP contribution >= 0.6 is 0 Å². The topological polar surface area (TPSA) is 121 Å². The number of hydrogen-bond donors (Lipinski definition) is 3. The molecule has 1 atom stereocenters. The number of hydrogen-bond acceptors (Lipinski definition) is 4. The van der Waals surface area contributed by atoms with Crippen molar-refractivity contribution in [2.24, 2.45) is 0 Å². The molecule has 1 heterocycles. The zero-order chi connectivity index (χ0) is 17.1. The van der Waals surface area contributed by atoms with Crippen molar-refractivity contribution in [1.29, 1.82) is 0 Å². The molecule has 0 radical (unpaired) electrons. The van der Waals surface area contributed by atoms with Crippen molar-refractivity contribution in [3.05, 3.63) is 44.6 Å². The number of fused-ring (bicyclic) bond motifs is 1. The van der Waals surface area contributed by atoms with Crippen molar-refractivity contribution < 1.29 is 14.7 Å². The van der Waals surface area contributed by atoms with Gasteiger partial charge in [-0.15, -0.1) is 0 Å². The van der Waals surface area contributed by atoms with Crippen molar-refractivity contribution in [3.8, 4) is 0 Å². The van der Waals surface area contributed by atoms with Crippen molar-refractivity contribution in [1.82, 2.24) is 14.9 Å². The van der Waals surface area contributed by atoms with Crippen LogP contribution in [0.15, 0.2) is 27.8 Å². The van der Waals surface area contributed by atoms with Gasteiger partial charge >= 0.3 is 11.7 Å². The second-order valence-electron chi connectivity index (χ2n) is 5.21. The third-order valence-corrected chi connectivity index (χ3v) is 3.42. The average molecular weight is 319 g/mol. The molecule has 0 saturated heterocycles. The summed E-state index contributed by atoms with van der Waals surface area (Å²) in [5, 5.41) is 11.5. The normalized spacial score (nSPS) is 12.1. The van der Waals surface area contributed by atoms with Crippen LogP contribution in [0, 0.1) is 0 Å². The van der Waals surface area contributed by atoms with E-state index in [1.165, 1.54) is 18.2 Å². The van der Waals surface area contributed by atoms with Crippen LogP contribution in [0.5, 0.6) is 0 Å². The molecule has 1 aromatic carbocycles. The number of nitrogens with one attached hydrogen (secondary N) is 2. The number of carbonyl (C=O) groups is 2. The number of carboxylic acid groups (broad SMARTS) is 1. The number of rotatable bonds is 5. The van der Waals surface area contributed by atoms with E-state index in [9.17, 15) is 19.2 Å². The quantitative estimate of drug-likeness (QED) is 0.732. The molecular formula is C15H17N3O5. The third kappa shape index (κ3) is 3.47. The molecule has 0 aliphatic carbocycles. The van der Waals surface area contributed by atoms with Crippen LogP contribution in [0.4, 0.5) is 0 Å². The average Bonchev–Trinajstić information content (AvgIpc) is 2.46. The van der Waals surface area contributed by atoms with E-state index in [1.807, 2.05) is 0 Å². The van der Waals surface area contributed by atoms with Crippen LogP contribution in [0.1, 0.15) is 30.6 Å². The van der Waals surface area contributed by atoms with Gasteiger partial charge in [-0.1, -0.05) is 0 Å². The first kappa shape index (κ1) is 16.5. The molecule has 0 saturated carbocycles. The lowest BCUT2D eigenvalue weighted by Gasteiger charge is -2.12. The van der Waals surface area contributed by atoms with Gasteiger partial charge in [-0.3, -0.25) is 19.0 Å². The molecule has 0 aliphatic heterocycles. The number of aliphatic carboxylic acids is 1. The lowest BCUT2D eigenvalue weighted by molar-refractivity contribution is -0.137. The maximum absolute atomic E-state index is 12.1. The van der Waals surface area contributed by atoms with Crippen LogP contribution in [0.25, 0.3) is 10.9 Å². The lowest BCUT2D eigenvalue weighted by Crippen LogP contribution is -2.35. The largest absolute Gasteiger partial charge is 0.481 e. The van der Waals surface area contributed by atoms with Gasteiger partial charge in [0.1, 0.15) is 0 Å². The number of aromatic amines is 1. The minimum atomic E-state index is -1.01. The SMILES string of the molecule is CCn1c(=O)[nH]c2cc(C(=O)NC(C)CC(=O)O)ccc2c1=O.